The van der Waals surface area contributed by atoms with Crippen molar-refractivity contribution in [1.29, 1.82) is 0 Å². The van der Waals surface area contributed by atoms with Gasteiger partial charge < -0.3 is 10.7 Å². The molecule has 1 aliphatic carbocycles. The van der Waals surface area contributed by atoms with Gasteiger partial charge in [0.15, 0.2) is 10.0 Å². The van der Waals surface area contributed by atoms with Crippen molar-refractivity contribution < 1.29 is 18.0 Å². The molecule has 0 atom stereocenters. The number of nitrogens with one attached hydrogen (secondary N) is 2. The molecule has 0 spiro atoms. The highest BCUT2D eigenvalue weighted by Gasteiger charge is 2.35. The summed E-state index contributed by atoms with van der Waals surface area (Å²) < 4.78 is 38.3. The van der Waals surface area contributed by atoms with E-state index < -0.39 is 11.9 Å². The largest absolute Gasteiger partial charge is 0.431 e. The van der Waals surface area contributed by atoms with Gasteiger partial charge in [-0.3, -0.25) is 4.79 Å². The fourth-order valence-electron chi connectivity index (χ4n) is 2.64. The van der Waals surface area contributed by atoms with Gasteiger partial charge in [-0.2, -0.15) is 18.3 Å². The van der Waals surface area contributed by atoms with Crippen molar-refractivity contribution in [3.63, 3.8) is 0 Å². The number of amides is 1. The monoisotopic (exact) mass is 431 g/mol. The Morgan fingerprint density at radius 3 is 2.71 bits per heavy atom. The lowest BCUT2D eigenvalue weighted by Crippen LogP contribution is -2.27. The van der Waals surface area contributed by atoms with E-state index in [1.54, 1.807) is 6.20 Å². The summed E-state index contributed by atoms with van der Waals surface area (Å²) in [5.41, 5.74) is 1.76. The molecule has 1 aliphatic rings. The van der Waals surface area contributed by atoms with Crippen molar-refractivity contribution in [3.05, 3.63) is 22.1 Å². The van der Waals surface area contributed by atoms with Crippen LogP contribution in [0.3, 0.4) is 0 Å². The molecule has 0 radical (unpaired) electrons. The first-order valence-electron chi connectivity index (χ1n) is 8.89. The molecule has 1 amide bonds. The van der Waals surface area contributed by atoms with Crippen LogP contribution in [0.1, 0.15) is 53.4 Å². The van der Waals surface area contributed by atoms with Crippen molar-refractivity contribution in [3.8, 4) is 10.0 Å². The summed E-state index contributed by atoms with van der Waals surface area (Å²) in [6.07, 6.45) is -0.152. The minimum absolute atomic E-state index is 0.196. The normalized spacial score (nSPS) is 14.9. The fraction of sp³-hybridized carbons (Fsp3) is 0.529. The lowest BCUT2D eigenvalue weighted by molar-refractivity contribution is -0.0610. The van der Waals surface area contributed by atoms with Gasteiger partial charge in [0.2, 0.25) is 0 Å². The van der Waals surface area contributed by atoms with Gasteiger partial charge in [0.25, 0.3) is 5.91 Å². The molecule has 1 saturated carbocycles. The van der Waals surface area contributed by atoms with Crippen LogP contribution in [0.15, 0.2) is 16.7 Å². The number of nitrogens with zero attached hydrogens (tertiary/aromatic N) is 3. The molecule has 28 heavy (non-hydrogen) atoms. The highest BCUT2D eigenvalue weighted by Crippen LogP contribution is 2.46. The number of unbranched alkanes of at least 4 members (excludes halogenated alkanes) is 1. The predicted molar refractivity (Wildman–Crippen MR) is 104 cm³/mol. The van der Waals surface area contributed by atoms with E-state index in [1.165, 1.54) is 29.7 Å². The highest BCUT2D eigenvalue weighted by molar-refractivity contribution is 7.20. The molecular weight excluding hydrogens is 411 g/mol. The maximum atomic E-state index is 12.8. The van der Waals surface area contributed by atoms with Gasteiger partial charge in [-0.25, -0.2) is 9.97 Å². The first-order valence-corrected chi connectivity index (χ1v) is 10.6. The number of hydrogen-bond acceptors (Lipinski definition) is 7. The van der Waals surface area contributed by atoms with Crippen LogP contribution in [0, 0.1) is 0 Å². The molecule has 0 aromatic carbocycles. The van der Waals surface area contributed by atoms with Gasteiger partial charge in [-0.1, -0.05) is 0 Å². The van der Waals surface area contributed by atoms with Crippen molar-refractivity contribution in [2.24, 2.45) is 5.10 Å². The first-order chi connectivity index (χ1) is 13.4. The molecule has 0 unspecified atom stereocenters. The Hall–Kier alpha value is -2.01. The zero-order valence-corrected chi connectivity index (χ0v) is 16.8. The summed E-state index contributed by atoms with van der Waals surface area (Å²) in [6, 6.07) is 0. The van der Waals surface area contributed by atoms with Gasteiger partial charge >= 0.3 is 6.18 Å². The van der Waals surface area contributed by atoms with Crippen molar-refractivity contribution in [2.45, 2.75) is 44.2 Å². The second-order valence-corrected chi connectivity index (χ2v) is 8.26. The summed E-state index contributed by atoms with van der Waals surface area (Å²) >= 11 is 2.97. The smallest absolute Gasteiger partial charge is 0.351 e. The highest BCUT2D eigenvalue weighted by atomic mass is 32.1. The molecule has 3 rings (SSSR count). The Kier molecular flexibility index (Phi) is 6.65. The van der Waals surface area contributed by atoms with Crippen LogP contribution in [0.2, 0.25) is 0 Å². The molecule has 0 bridgehead atoms. The summed E-state index contributed by atoms with van der Waals surface area (Å²) in [5.74, 6) is 0.0972. The number of carbonyl (C=O) groups is 1. The minimum Gasteiger partial charge on any atom is -0.351 e. The lowest BCUT2D eigenvalue weighted by Gasteiger charge is -2.10. The van der Waals surface area contributed by atoms with Crippen LogP contribution in [-0.2, 0) is 0 Å². The van der Waals surface area contributed by atoms with Crippen molar-refractivity contribution >= 4 is 34.3 Å². The van der Waals surface area contributed by atoms with Gasteiger partial charge in [0.1, 0.15) is 11.4 Å². The zero-order valence-electron chi connectivity index (χ0n) is 15.2. The number of alkyl halides is 3. The summed E-state index contributed by atoms with van der Waals surface area (Å²) in [4.78, 5) is 22.2. The summed E-state index contributed by atoms with van der Waals surface area (Å²) in [6.45, 7) is 0.289. The molecule has 0 aliphatic heterocycles. The number of aromatic nitrogens is 2. The molecule has 2 N–H and O–H groups in total. The van der Waals surface area contributed by atoms with E-state index in [0.29, 0.717) is 18.0 Å². The van der Waals surface area contributed by atoms with E-state index in [2.05, 4.69) is 25.8 Å². The van der Waals surface area contributed by atoms with E-state index in [-0.39, 0.29) is 25.3 Å². The van der Waals surface area contributed by atoms with Gasteiger partial charge in [-0.05, 0) is 38.0 Å². The minimum atomic E-state index is -4.45. The third-order valence-corrected chi connectivity index (χ3v) is 6.27. The predicted octanol–water partition coefficient (Wildman–Crippen LogP) is 4.18. The van der Waals surface area contributed by atoms with E-state index >= 15 is 0 Å². The maximum absolute atomic E-state index is 12.8. The van der Waals surface area contributed by atoms with Gasteiger partial charge in [-0.15, -0.1) is 22.7 Å². The first kappa shape index (κ1) is 20.7. The van der Waals surface area contributed by atoms with E-state index in [4.69, 9.17) is 0 Å². The average molecular weight is 432 g/mol. The SMILES string of the molecule is CN/N=C(/CCCCNC(=O)c1nc(-c2nccs2)sc1C1CC1)C(F)(F)F. The maximum Gasteiger partial charge on any atom is 0.431 e. The molecule has 6 nitrogen and oxygen atoms in total. The van der Waals surface area contributed by atoms with Crippen LogP contribution in [0.25, 0.3) is 10.0 Å². The molecular formula is C17H20F3N5OS2. The standard InChI is InChI=1S/C17H20F3N5OS2/c1-21-25-11(17(18,19)20)4-2-3-7-22-14(26)12-13(10-5-6-10)28-16(24-12)15-23-8-9-27-15/h8-10,21H,2-7H2,1H3,(H,22,26)/b25-11-. The Labute approximate surface area is 168 Å². The molecule has 2 aromatic rings. The third kappa shape index (κ3) is 5.28. The molecule has 2 heterocycles. The Bertz CT molecular complexity index is 828. The molecule has 2 aromatic heterocycles. The number of hydrogen-bond donors (Lipinski definition) is 2. The van der Waals surface area contributed by atoms with Crippen LogP contribution < -0.4 is 10.7 Å². The van der Waals surface area contributed by atoms with Crippen molar-refractivity contribution in [2.75, 3.05) is 13.6 Å². The van der Waals surface area contributed by atoms with Gasteiger partial charge in [0, 0.05) is 30.0 Å². The molecule has 152 valence electrons. The number of halogens is 3. The van der Waals surface area contributed by atoms with Crippen molar-refractivity contribution in [1.82, 2.24) is 20.7 Å². The van der Waals surface area contributed by atoms with Gasteiger partial charge in [0.05, 0.1) is 0 Å². The Morgan fingerprint density at radius 2 is 2.11 bits per heavy atom. The van der Waals surface area contributed by atoms with Crippen LogP contribution >= 0.6 is 22.7 Å². The Morgan fingerprint density at radius 1 is 1.32 bits per heavy atom. The number of hydrazone groups is 1. The second-order valence-electron chi connectivity index (χ2n) is 6.34. The molecule has 0 saturated heterocycles. The quantitative estimate of drug-likeness (QED) is 0.355. The third-order valence-electron chi connectivity index (χ3n) is 4.13. The average Bonchev–Trinajstić information content (AvgIpc) is 3.17. The van der Waals surface area contributed by atoms with Crippen LogP contribution in [0.5, 0.6) is 0 Å². The van der Waals surface area contributed by atoms with E-state index in [9.17, 15) is 18.0 Å². The summed E-state index contributed by atoms with van der Waals surface area (Å²) in [7, 11) is 1.33. The molecule has 11 heteroatoms. The second kappa shape index (κ2) is 8.99. The van der Waals surface area contributed by atoms with Crippen LogP contribution in [0.4, 0.5) is 13.2 Å². The van der Waals surface area contributed by atoms with E-state index in [1.807, 2.05) is 5.38 Å². The summed E-state index contributed by atoms with van der Waals surface area (Å²) in [5, 5.41) is 9.44. The lowest BCUT2D eigenvalue weighted by atomic mass is 10.1. The number of rotatable bonds is 9. The number of carbonyl (C=O) groups excluding carboxylic acids is 1. The zero-order chi connectivity index (χ0) is 20.1. The topological polar surface area (TPSA) is 79.3 Å². The van der Waals surface area contributed by atoms with Crippen LogP contribution in [-0.4, -0.2) is 41.4 Å². The van der Waals surface area contributed by atoms with E-state index in [0.717, 1.165) is 27.7 Å². The Balaban J connectivity index is 1.53. The fourth-order valence-corrected chi connectivity index (χ4v) is 4.55. The number of thiazole rings is 2. The molecule has 1 fully saturated rings.